The molecule has 0 bridgehead atoms. The Morgan fingerprint density at radius 1 is 0.714 bits per heavy atom. The molecule has 0 unspecified atom stereocenters. The van der Waals surface area contributed by atoms with Crippen molar-refractivity contribution in [2.45, 2.75) is 13.1 Å². The summed E-state index contributed by atoms with van der Waals surface area (Å²) in [6.45, 7) is 6.34. The van der Waals surface area contributed by atoms with Crippen molar-refractivity contribution in [2.24, 2.45) is 0 Å². The average molecular weight is 481 g/mol. The Morgan fingerprint density at radius 3 is 2.00 bits per heavy atom. The third kappa shape index (κ3) is 3.50. The van der Waals surface area contributed by atoms with Gasteiger partial charge in [0, 0.05) is 37.9 Å². The quantitative estimate of drug-likeness (QED) is 0.413. The highest BCUT2D eigenvalue weighted by molar-refractivity contribution is 7.00. The molecule has 0 amide bonds. The van der Waals surface area contributed by atoms with Crippen LogP contribution in [0.25, 0.3) is 0 Å². The molecule has 4 aromatic rings. The summed E-state index contributed by atoms with van der Waals surface area (Å²) < 4.78 is 0. The van der Waals surface area contributed by atoms with Crippen molar-refractivity contribution in [3.63, 3.8) is 0 Å². The van der Waals surface area contributed by atoms with E-state index in [-0.39, 0.29) is 0 Å². The van der Waals surface area contributed by atoms with E-state index in [0.717, 1.165) is 47.9 Å². The van der Waals surface area contributed by atoms with Crippen molar-refractivity contribution in [3.05, 3.63) is 73.4 Å². The number of aromatic nitrogens is 4. The van der Waals surface area contributed by atoms with Crippen LogP contribution in [0.1, 0.15) is 0 Å². The number of hydrogen-bond donors (Lipinski definition) is 0. The van der Waals surface area contributed by atoms with Crippen molar-refractivity contribution in [1.82, 2.24) is 19.9 Å². The summed E-state index contributed by atoms with van der Waals surface area (Å²) in [4.78, 5) is 26.7. The van der Waals surface area contributed by atoms with Gasteiger partial charge in [0.2, 0.25) is 0 Å². The molecule has 2 aliphatic rings. The lowest BCUT2D eigenvalue weighted by Gasteiger charge is -2.28. The smallest absolute Gasteiger partial charge is 0.178 e. The molecular weight excluding hydrogens is 452 g/mol. The molecule has 6 rings (SSSR count). The lowest BCUT2D eigenvalue weighted by atomic mass is 10.3. The van der Waals surface area contributed by atoms with Crippen molar-refractivity contribution < 1.29 is 0 Å². The van der Waals surface area contributed by atoms with Crippen LogP contribution in [0.15, 0.2) is 73.4 Å². The predicted octanol–water partition coefficient (Wildman–Crippen LogP) is 3.18. The molecule has 0 N–H and O–H groups in total. The molecule has 9 heteroatoms. The molecule has 4 heterocycles. The fourth-order valence-corrected chi connectivity index (χ4v) is 7.35. The van der Waals surface area contributed by atoms with Crippen molar-refractivity contribution in [2.75, 3.05) is 47.0 Å². The second-order valence-electron chi connectivity index (χ2n) is 9.70. The van der Waals surface area contributed by atoms with Crippen LogP contribution >= 0.6 is 0 Å². The normalized spacial score (nSPS) is 15.0. The second kappa shape index (κ2) is 8.05. The van der Waals surface area contributed by atoms with Crippen molar-refractivity contribution in [3.8, 4) is 0 Å². The van der Waals surface area contributed by atoms with Crippen molar-refractivity contribution in [1.29, 1.82) is 0 Å². The Kier molecular flexibility index (Phi) is 4.96. The van der Waals surface area contributed by atoms with Gasteiger partial charge in [-0.15, -0.1) is 0 Å². The molecule has 2 aromatic carbocycles. The Morgan fingerprint density at radius 2 is 1.31 bits per heavy atom. The van der Waals surface area contributed by atoms with Gasteiger partial charge < -0.3 is 19.6 Å². The maximum atomic E-state index is 4.61. The summed E-state index contributed by atoms with van der Waals surface area (Å²) >= 11 is 0. The molecule has 0 fully saturated rings. The molecule has 0 aliphatic carbocycles. The summed E-state index contributed by atoms with van der Waals surface area (Å²) in [6.07, 6.45) is 7.02. The summed E-state index contributed by atoms with van der Waals surface area (Å²) in [5, 5.41) is 2.77. The minimum Gasteiger partial charge on any atom is -0.352 e. The maximum absolute atomic E-state index is 4.61. The molecule has 2 aromatic heterocycles. The van der Waals surface area contributed by atoms with Gasteiger partial charge in [0.15, 0.2) is 17.5 Å². The molecule has 0 spiro atoms. The van der Waals surface area contributed by atoms with Crippen LogP contribution in [-0.4, -0.2) is 55.4 Å². The number of rotatable bonds is 4. The number of anilines is 6. The van der Waals surface area contributed by atoms with Gasteiger partial charge in [0.1, 0.15) is 20.1 Å². The van der Waals surface area contributed by atoms with Crippen molar-refractivity contribution >= 4 is 53.0 Å². The zero-order valence-electron chi connectivity index (χ0n) is 20.4. The van der Waals surface area contributed by atoms with Crippen LogP contribution in [0.5, 0.6) is 0 Å². The van der Waals surface area contributed by atoms with Crippen LogP contribution in [0.3, 0.4) is 0 Å². The Bertz CT molecular complexity index is 1300. The molecular formula is C26H28N8Si. The van der Waals surface area contributed by atoms with E-state index in [9.17, 15) is 0 Å². The van der Waals surface area contributed by atoms with E-state index >= 15 is 0 Å². The van der Waals surface area contributed by atoms with Gasteiger partial charge in [-0.3, -0.25) is 0 Å². The van der Waals surface area contributed by atoms with Gasteiger partial charge >= 0.3 is 0 Å². The first kappa shape index (κ1) is 21.5. The molecule has 0 saturated carbocycles. The van der Waals surface area contributed by atoms with Crippen LogP contribution in [0.4, 0.5) is 34.5 Å². The van der Waals surface area contributed by atoms with Crippen LogP contribution in [0, 0.1) is 0 Å². The second-order valence-corrected chi connectivity index (χ2v) is 14.1. The zero-order chi connectivity index (χ0) is 24.2. The highest BCUT2D eigenvalue weighted by Gasteiger charge is 2.32. The van der Waals surface area contributed by atoms with Gasteiger partial charge in [-0.1, -0.05) is 47.7 Å². The first-order chi connectivity index (χ1) is 16.9. The monoisotopic (exact) mass is 480 g/mol. The number of nitrogens with zero attached hydrogens (tertiary/aromatic N) is 8. The molecule has 0 saturated heterocycles. The van der Waals surface area contributed by atoms with Crippen LogP contribution < -0.4 is 30.0 Å². The van der Waals surface area contributed by atoms with E-state index in [4.69, 9.17) is 0 Å². The van der Waals surface area contributed by atoms with E-state index in [1.165, 1.54) is 10.4 Å². The topological polar surface area (TPSA) is 64.5 Å². The third-order valence-electron chi connectivity index (χ3n) is 7.08. The SMILES string of the molecule is CN1CN(c2cccc([Si](C)(C)c3cccc(N4CN(C)c5nccnc54)c3)c2)c2ncncc21. The lowest BCUT2D eigenvalue weighted by Crippen LogP contribution is -2.53. The minimum atomic E-state index is -1.99. The fraction of sp³-hybridized carbons (Fsp3) is 0.231. The maximum Gasteiger partial charge on any atom is 0.178 e. The third-order valence-corrected chi connectivity index (χ3v) is 10.6. The van der Waals surface area contributed by atoms with E-state index in [2.05, 4.69) is 115 Å². The van der Waals surface area contributed by atoms with Crippen LogP contribution in [-0.2, 0) is 0 Å². The highest BCUT2D eigenvalue weighted by Crippen LogP contribution is 2.37. The highest BCUT2D eigenvalue weighted by atomic mass is 28.3. The predicted molar refractivity (Wildman–Crippen MR) is 145 cm³/mol. The van der Waals surface area contributed by atoms with Gasteiger partial charge in [0.25, 0.3) is 0 Å². The molecule has 176 valence electrons. The number of hydrogen-bond acceptors (Lipinski definition) is 8. The van der Waals surface area contributed by atoms with E-state index < -0.39 is 8.07 Å². The largest absolute Gasteiger partial charge is 0.352 e. The number of benzene rings is 2. The van der Waals surface area contributed by atoms with Gasteiger partial charge in [-0.05, 0) is 24.3 Å². The first-order valence-corrected chi connectivity index (χ1v) is 14.7. The lowest BCUT2D eigenvalue weighted by molar-refractivity contribution is 0.936. The van der Waals surface area contributed by atoms with Crippen LogP contribution in [0.2, 0.25) is 13.1 Å². The van der Waals surface area contributed by atoms with E-state index in [0.29, 0.717) is 0 Å². The van der Waals surface area contributed by atoms with Gasteiger partial charge in [0.05, 0.1) is 19.5 Å². The number of fused-ring (bicyclic) bond motifs is 2. The molecule has 2 aliphatic heterocycles. The Labute approximate surface area is 206 Å². The first-order valence-electron chi connectivity index (χ1n) is 11.7. The molecule has 8 nitrogen and oxygen atoms in total. The minimum absolute atomic E-state index is 0.740. The fourth-order valence-electron chi connectivity index (χ4n) is 4.98. The summed E-state index contributed by atoms with van der Waals surface area (Å²) in [7, 11) is 2.15. The zero-order valence-corrected chi connectivity index (χ0v) is 21.4. The molecule has 0 radical (unpaired) electrons. The van der Waals surface area contributed by atoms with E-state index in [1.54, 1.807) is 18.7 Å². The molecule has 0 atom stereocenters. The van der Waals surface area contributed by atoms with Gasteiger partial charge in [-0.25, -0.2) is 19.9 Å². The molecule has 35 heavy (non-hydrogen) atoms. The Balaban J connectivity index is 1.35. The standard InChI is InChI=1S/C26H28N8Si/c1-31-17-33(24-23(31)15-27-16-30-24)19-7-5-9-21(13-19)35(3,4)22-10-6-8-20(14-22)34-18-32(2)25-26(34)29-12-11-28-25/h5-16H,17-18H2,1-4H3. The van der Waals surface area contributed by atoms with E-state index in [1.807, 2.05) is 6.20 Å². The average Bonchev–Trinajstić information content (AvgIpc) is 3.41. The summed E-state index contributed by atoms with van der Waals surface area (Å²) in [5.41, 5.74) is 3.37. The summed E-state index contributed by atoms with van der Waals surface area (Å²) in [5.74, 6) is 2.79. The van der Waals surface area contributed by atoms with Gasteiger partial charge in [-0.2, -0.15) is 0 Å². The Hall–Kier alpha value is -3.98. The summed E-state index contributed by atoms with van der Waals surface area (Å²) in [6, 6.07) is 17.9.